The number of anilines is 3. The lowest BCUT2D eigenvalue weighted by molar-refractivity contribution is 0.501. The number of nitrogens with one attached hydrogen (secondary N) is 1. The van der Waals surface area contributed by atoms with Crippen molar-refractivity contribution in [3.05, 3.63) is 53.6 Å². The molecule has 3 N–H and O–H groups in total. The molecule has 2 rings (SSSR count). The van der Waals surface area contributed by atoms with Gasteiger partial charge in [0.2, 0.25) is 0 Å². The molecule has 0 amide bonds. The molecule has 2 unspecified atom stereocenters. The zero-order valence-corrected chi connectivity index (χ0v) is 17.3. The molecule has 2 atom stereocenters. The van der Waals surface area contributed by atoms with Crippen LogP contribution in [-0.2, 0) is 0 Å². The highest BCUT2D eigenvalue weighted by Gasteiger charge is 2.23. The molecule has 2 aromatic rings. The zero-order chi connectivity index (χ0) is 19.3. The summed E-state index contributed by atoms with van der Waals surface area (Å²) in [6, 6.07) is 14.6. The smallest absolute Gasteiger partial charge is 0.0423 e. The van der Waals surface area contributed by atoms with Crippen molar-refractivity contribution in [1.82, 2.24) is 0 Å². The van der Waals surface area contributed by atoms with Gasteiger partial charge in [0.25, 0.3) is 0 Å². The van der Waals surface area contributed by atoms with Crippen LogP contribution in [0.5, 0.6) is 0 Å². The summed E-state index contributed by atoms with van der Waals surface area (Å²) in [6.45, 7) is 13.8. The lowest BCUT2D eigenvalue weighted by Crippen LogP contribution is -2.12. The number of nitrogen functional groups attached to an aromatic ring is 1. The predicted octanol–water partition coefficient (Wildman–Crippen LogP) is 7.31. The highest BCUT2D eigenvalue weighted by molar-refractivity contribution is 5.71. The maximum Gasteiger partial charge on any atom is 0.0423 e. The Balaban J connectivity index is 2.52. The van der Waals surface area contributed by atoms with Gasteiger partial charge in [-0.1, -0.05) is 59.7 Å². The first-order valence-electron chi connectivity index (χ1n) is 10.0. The van der Waals surface area contributed by atoms with Crippen molar-refractivity contribution in [2.24, 2.45) is 11.8 Å². The Morgan fingerprint density at radius 2 is 1.27 bits per heavy atom. The molecular formula is C24H36N2. The summed E-state index contributed by atoms with van der Waals surface area (Å²) in [4.78, 5) is 0. The fraction of sp³-hybridized carbons (Fsp3) is 0.500. The zero-order valence-electron chi connectivity index (χ0n) is 17.3. The van der Waals surface area contributed by atoms with Crippen LogP contribution in [-0.4, -0.2) is 0 Å². The van der Waals surface area contributed by atoms with Gasteiger partial charge >= 0.3 is 0 Å². The number of rotatable bonds is 8. The first kappa shape index (κ1) is 20.4. The van der Waals surface area contributed by atoms with E-state index in [1.54, 1.807) is 0 Å². The van der Waals surface area contributed by atoms with E-state index < -0.39 is 0 Å². The number of benzene rings is 2. The molecule has 142 valence electrons. The van der Waals surface area contributed by atoms with Gasteiger partial charge in [-0.05, 0) is 71.9 Å². The normalized spacial score (nSPS) is 13.8. The predicted molar refractivity (Wildman–Crippen MR) is 116 cm³/mol. The van der Waals surface area contributed by atoms with Gasteiger partial charge in [0, 0.05) is 17.1 Å². The van der Waals surface area contributed by atoms with Crippen LogP contribution in [0.25, 0.3) is 0 Å². The molecule has 2 aromatic carbocycles. The summed E-state index contributed by atoms with van der Waals surface area (Å²) in [5, 5.41) is 3.65. The highest BCUT2D eigenvalue weighted by Crippen LogP contribution is 2.41. The minimum Gasteiger partial charge on any atom is -0.398 e. The Labute approximate surface area is 160 Å². The van der Waals surface area contributed by atoms with Crippen molar-refractivity contribution in [1.29, 1.82) is 0 Å². The minimum absolute atomic E-state index is 0.456. The van der Waals surface area contributed by atoms with Gasteiger partial charge in [-0.3, -0.25) is 0 Å². The topological polar surface area (TPSA) is 38.0 Å². The van der Waals surface area contributed by atoms with E-state index in [1.807, 2.05) is 6.07 Å². The molecule has 2 heteroatoms. The third-order valence-electron chi connectivity index (χ3n) is 5.01. The Morgan fingerprint density at radius 3 is 1.81 bits per heavy atom. The monoisotopic (exact) mass is 352 g/mol. The molecule has 2 nitrogen and oxygen atoms in total. The molecule has 0 bridgehead atoms. The Bertz CT molecular complexity index is 689. The van der Waals surface area contributed by atoms with E-state index in [9.17, 15) is 0 Å². The largest absolute Gasteiger partial charge is 0.398 e. The van der Waals surface area contributed by atoms with Gasteiger partial charge in [-0.15, -0.1) is 0 Å². The lowest BCUT2D eigenvalue weighted by Gasteiger charge is -2.28. The van der Waals surface area contributed by atoms with Crippen LogP contribution in [0, 0.1) is 11.8 Å². The van der Waals surface area contributed by atoms with Gasteiger partial charge in [0.1, 0.15) is 0 Å². The van der Waals surface area contributed by atoms with Gasteiger partial charge < -0.3 is 11.1 Å². The van der Waals surface area contributed by atoms with Gasteiger partial charge in [0.15, 0.2) is 0 Å². The van der Waals surface area contributed by atoms with Gasteiger partial charge in [-0.2, -0.15) is 0 Å². The first-order chi connectivity index (χ1) is 12.3. The van der Waals surface area contributed by atoms with E-state index in [1.165, 1.54) is 16.8 Å². The molecule has 0 fully saturated rings. The van der Waals surface area contributed by atoms with E-state index >= 15 is 0 Å². The van der Waals surface area contributed by atoms with Crippen molar-refractivity contribution in [2.45, 2.75) is 66.2 Å². The van der Waals surface area contributed by atoms with Crippen molar-refractivity contribution in [3.8, 4) is 0 Å². The van der Waals surface area contributed by atoms with Gasteiger partial charge in [0.05, 0.1) is 0 Å². The molecule has 0 saturated carbocycles. The molecule has 0 aliphatic heterocycles. The number of hydrogen-bond acceptors (Lipinski definition) is 2. The average Bonchev–Trinajstić information content (AvgIpc) is 2.55. The molecule has 26 heavy (non-hydrogen) atoms. The summed E-state index contributed by atoms with van der Waals surface area (Å²) >= 11 is 0. The van der Waals surface area contributed by atoms with Crippen LogP contribution in [0.3, 0.4) is 0 Å². The van der Waals surface area contributed by atoms with Crippen LogP contribution < -0.4 is 11.1 Å². The number of hydrogen-bond donors (Lipinski definition) is 2. The third kappa shape index (κ3) is 5.27. The average molecular weight is 353 g/mol. The fourth-order valence-corrected chi connectivity index (χ4v) is 4.17. The molecule has 0 aromatic heterocycles. The van der Waals surface area contributed by atoms with Crippen molar-refractivity contribution < 1.29 is 0 Å². The summed E-state index contributed by atoms with van der Waals surface area (Å²) < 4.78 is 0. The summed E-state index contributed by atoms with van der Waals surface area (Å²) in [5.74, 6) is 2.24. The van der Waals surface area contributed by atoms with Crippen molar-refractivity contribution in [2.75, 3.05) is 11.1 Å². The van der Waals surface area contributed by atoms with E-state index in [4.69, 9.17) is 5.73 Å². The first-order valence-corrected chi connectivity index (χ1v) is 10.0. The van der Waals surface area contributed by atoms with E-state index in [0.29, 0.717) is 23.7 Å². The summed E-state index contributed by atoms with van der Waals surface area (Å²) in [6.07, 6.45) is 2.31. The van der Waals surface area contributed by atoms with Crippen LogP contribution in [0.1, 0.15) is 77.3 Å². The van der Waals surface area contributed by atoms with Crippen molar-refractivity contribution in [3.63, 3.8) is 0 Å². The second-order valence-corrected chi connectivity index (χ2v) is 8.58. The maximum atomic E-state index is 6.50. The third-order valence-corrected chi connectivity index (χ3v) is 5.01. The van der Waals surface area contributed by atoms with E-state index in [2.05, 4.69) is 83.3 Å². The van der Waals surface area contributed by atoms with E-state index in [-0.39, 0.29) is 0 Å². The summed E-state index contributed by atoms with van der Waals surface area (Å²) in [5.41, 5.74) is 12.5. The molecule has 0 aliphatic carbocycles. The van der Waals surface area contributed by atoms with Crippen molar-refractivity contribution >= 4 is 17.1 Å². The fourth-order valence-electron chi connectivity index (χ4n) is 4.17. The molecule has 0 radical (unpaired) electrons. The van der Waals surface area contributed by atoms with E-state index in [0.717, 1.165) is 24.2 Å². The van der Waals surface area contributed by atoms with Gasteiger partial charge in [-0.25, -0.2) is 0 Å². The molecule has 0 saturated heterocycles. The molecule has 0 spiro atoms. The highest BCUT2D eigenvalue weighted by atomic mass is 14.9. The van der Waals surface area contributed by atoms with Crippen LogP contribution >= 0.6 is 0 Å². The number of nitrogens with two attached hydrogens (primary N) is 1. The van der Waals surface area contributed by atoms with Crippen LogP contribution in [0.4, 0.5) is 17.1 Å². The van der Waals surface area contributed by atoms with Crippen LogP contribution in [0.2, 0.25) is 0 Å². The molecule has 0 heterocycles. The standard InChI is InChI=1S/C24H36N2/c1-16(2)14-18(5)23-21(25)12-13-22(24(23)19(6)15-17(3)4)26-20-10-8-7-9-11-20/h7-13,16-19,26H,14-15,25H2,1-6H3. The molecule has 0 aliphatic rings. The Kier molecular flexibility index (Phi) is 7.14. The van der Waals surface area contributed by atoms with Crippen LogP contribution in [0.15, 0.2) is 42.5 Å². The molecular weight excluding hydrogens is 316 g/mol. The Morgan fingerprint density at radius 1 is 0.731 bits per heavy atom. The Hall–Kier alpha value is -1.96. The number of para-hydroxylation sites is 1. The second-order valence-electron chi connectivity index (χ2n) is 8.58. The SMILES string of the molecule is CC(C)CC(C)c1c(N)ccc(Nc2ccccc2)c1C(C)CC(C)C. The minimum atomic E-state index is 0.456. The lowest BCUT2D eigenvalue weighted by atomic mass is 9.80. The summed E-state index contributed by atoms with van der Waals surface area (Å²) in [7, 11) is 0. The maximum absolute atomic E-state index is 6.50. The second kappa shape index (κ2) is 9.12. The quantitative estimate of drug-likeness (QED) is 0.489.